The molecule has 22 heavy (non-hydrogen) atoms. The van der Waals surface area contributed by atoms with Crippen LogP contribution in [0, 0.1) is 5.82 Å². The monoisotopic (exact) mass is 304 g/mol. The normalized spacial score (nSPS) is 24.7. The smallest absolute Gasteiger partial charge is 0.230 e. The SMILES string of the molecule is O=C(N[C@H]1CCCNC1)C1(c2cccc(F)c2)CCCCC1. The van der Waals surface area contributed by atoms with Crippen LogP contribution < -0.4 is 10.6 Å². The maximum absolute atomic E-state index is 13.7. The van der Waals surface area contributed by atoms with Gasteiger partial charge in [-0.3, -0.25) is 4.79 Å². The molecule has 1 aromatic carbocycles. The van der Waals surface area contributed by atoms with Crippen LogP contribution in [-0.2, 0) is 10.2 Å². The molecular weight excluding hydrogens is 279 g/mol. The summed E-state index contributed by atoms with van der Waals surface area (Å²) in [6.07, 6.45) is 7.00. The van der Waals surface area contributed by atoms with E-state index in [-0.39, 0.29) is 17.8 Å². The molecule has 4 heteroatoms. The number of hydrogen-bond acceptors (Lipinski definition) is 2. The molecule has 2 N–H and O–H groups in total. The van der Waals surface area contributed by atoms with Crippen LogP contribution in [0.3, 0.4) is 0 Å². The van der Waals surface area contributed by atoms with Crippen molar-refractivity contribution in [3.8, 4) is 0 Å². The quantitative estimate of drug-likeness (QED) is 0.901. The van der Waals surface area contributed by atoms with E-state index in [2.05, 4.69) is 10.6 Å². The summed E-state index contributed by atoms with van der Waals surface area (Å²) >= 11 is 0. The number of carbonyl (C=O) groups is 1. The summed E-state index contributed by atoms with van der Waals surface area (Å²) in [4.78, 5) is 13.0. The summed E-state index contributed by atoms with van der Waals surface area (Å²) in [7, 11) is 0. The highest BCUT2D eigenvalue weighted by Gasteiger charge is 2.41. The van der Waals surface area contributed by atoms with Gasteiger partial charge in [0.05, 0.1) is 5.41 Å². The van der Waals surface area contributed by atoms with Gasteiger partial charge in [-0.05, 0) is 49.9 Å². The third-order valence-corrected chi connectivity index (χ3v) is 5.15. The minimum absolute atomic E-state index is 0.0894. The van der Waals surface area contributed by atoms with Crippen molar-refractivity contribution in [2.24, 2.45) is 0 Å². The molecular formula is C18H25FN2O. The van der Waals surface area contributed by atoms with Crippen LogP contribution in [-0.4, -0.2) is 25.0 Å². The fourth-order valence-corrected chi connectivity index (χ4v) is 3.89. The van der Waals surface area contributed by atoms with Crippen LogP contribution in [0.15, 0.2) is 24.3 Å². The molecule has 1 atom stereocenters. The summed E-state index contributed by atoms with van der Waals surface area (Å²) in [5.74, 6) is -0.166. The minimum Gasteiger partial charge on any atom is -0.351 e. The van der Waals surface area contributed by atoms with Crippen LogP contribution in [0.25, 0.3) is 0 Å². The lowest BCUT2D eigenvalue weighted by molar-refractivity contribution is -0.129. The van der Waals surface area contributed by atoms with Crippen molar-refractivity contribution in [3.63, 3.8) is 0 Å². The maximum atomic E-state index is 13.7. The number of carbonyl (C=O) groups excluding carboxylic acids is 1. The molecule has 2 aliphatic rings. The van der Waals surface area contributed by atoms with Crippen LogP contribution >= 0.6 is 0 Å². The Morgan fingerprint density at radius 1 is 1.23 bits per heavy atom. The van der Waals surface area contributed by atoms with E-state index in [4.69, 9.17) is 0 Å². The molecule has 3 rings (SSSR count). The molecule has 0 radical (unpaired) electrons. The Balaban J connectivity index is 1.83. The Hall–Kier alpha value is -1.42. The van der Waals surface area contributed by atoms with Gasteiger partial charge in [0.1, 0.15) is 5.82 Å². The Morgan fingerprint density at radius 2 is 2.05 bits per heavy atom. The van der Waals surface area contributed by atoms with Crippen LogP contribution in [0.1, 0.15) is 50.5 Å². The van der Waals surface area contributed by atoms with Crippen molar-refractivity contribution < 1.29 is 9.18 Å². The van der Waals surface area contributed by atoms with Crippen LogP contribution in [0.4, 0.5) is 4.39 Å². The second kappa shape index (κ2) is 6.78. The van der Waals surface area contributed by atoms with Gasteiger partial charge < -0.3 is 10.6 Å². The maximum Gasteiger partial charge on any atom is 0.230 e. The van der Waals surface area contributed by atoms with Gasteiger partial charge in [-0.25, -0.2) is 4.39 Å². The molecule has 1 saturated carbocycles. The Morgan fingerprint density at radius 3 is 2.73 bits per heavy atom. The van der Waals surface area contributed by atoms with E-state index in [1.165, 1.54) is 6.07 Å². The first-order valence-electron chi connectivity index (χ1n) is 8.48. The summed E-state index contributed by atoms with van der Waals surface area (Å²) in [5.41, 5.74) is 0.297. The first kappa shape index (κ1) is 15.5. The zero-order chi connectivity index (χ0) is 15.4. The second-order valence-electron chi connectivity index (χ2n) is 6.67. The van der Waals surface area contributed by atoms with Gasteiger partial charge in [-0.15, -0.1) is 0 Å². The average molecular weight is 304 g/mol. The number of halogens is 1. The lowest BCUT2D eigenvalue weighted by atomic mass is 9.68. The van der Waals surface area contributed by atoms with Crippen LogP contribution in [0.5, 0.6) is 0 Å². The Bertz CT molecular complexity index is 520. The zero-order valence-corrected chi connectivity index (χ0v) is 13.0. The summed E-state index contributed by atoms with van der Waals surface area (Å²) < 4.78 is 13.7. The third kappa shape index (κ3) is 3.17. The van der Waals surface area contributed by atoms with Crippen molar-refractivity contribution in [2.45, 2.75) is 56.4 Å². The fraction of sp³-hybridized carbons (Fsp3) is 0.611. The van der Waals surface area contributed by atoms with Crippen LogP contribution in [0.2, 0.25) is 0 Å². The topological polar surface area (TPSA) is 41.1 Å². The molecule has 2 fully saturated rings. The summed E-state index contributed by atoms with van der Waals surface area (Å²) in [6.45, 7) is 1.87. The molecule has 1 aromatic rings. The highest BCUT2D eigenvalue weighted by atomic mass is 19.1. The van der Waals surface area contributed by atoms with Gasteiger partial charge in [-0.1, -0.05) is 31.4 Å². The van der Waals surface area contributed by atoms with E-state index in [1.807, 2.05) is 6.07 Å². The Labute approximate surface area is 131 Å². The molecule has 0 spiro atoms. The molecule has 1 heterocycles. The average Bonchev–Trinajstić information content (AvgIpc) is 2.56. The predicted octanol–water partition coefficient (Wildman–Crippen LogP) is 2.90. The Kier molecular flexibility index (Phi) is 4.77. The van der Waals surface area contributed by atoms with Crippen molar-refractivity contribution >= 4 is 5.91 Å². The first-order valence-corrected chi connectivity index (χ1v) is 8.48. The molecule has 0 unspecified atom stereocenters. The molecule has 1 saturated heterocycles. The molecule has 0 bridgehead atoms. The number of amides is 1. The number of benzene rings is 1. The number of nitrogens with one attached hydrogen (secondary N) is 2. The molecule has 1 aliphatic heterocycles. The van der Waals surface area contributed by atoms with Gasteiger partial charge >= 0.3 is 0 Å². The van der Waals surface area contributed by atoms with Crippen molar-refractivity contribution in [1.29, 1.82) is 0 Å². The van der Waals surface area contributed by atoms with Gasteiger partial charge in [0.15, 0.2) is 0 Å². The van der Waals surface area contributed by atoms with Crippen molar-refractivity contribution in [2.75, 3.05) is 13.1 Å². The van der Waals surface area contributed by atoms with E-state index < -0.39 is 5.41 Å². The molecule has 1 aliphatic carbocycles. The largest absolute Gasteiger partial charge is 0.351 e. The number of piperidine rings is 1. The van der Waals surface area contributed by atoms with E-state index in [9.17, 15) is 9.18 Å². The third-order valence-electron chi connectivity index (χ3n) is 5.15. The fourth-order valence-electron chi connectivity index (χ4n) is 3.89. The van der Waals surface area contributed by atoms with E-state index in [0.29, 0.717) is 0 Å². The minimum atomic E-state index is -0.544. The predicted molar refractivity (Wildman–Crippen MR) is 85.2 cm³/mol. The van der Waals surface area contributed by atoms with Gasteiger partial charge in [0, 0.05) is 12.6 Å². The highest BCUT2D eigenvalue weighted by molar-refractivity contribution is 5.88. The molecule has 0 aromatic heterocycles. The molecule has 3 nitrogen and oxygen atoms in total. The number of rotatable bonds is 3. The van der Waals surface area contributed by atoms with Crippen molar-refractivity contribution in [1.82, 2.24) is 10.6 Å². The van der Waals surface area contributed by atoms with Gasteiger partial charge in [0.2, 0.25) is 5.91 Å². The lowest BCUT2D eigenvalue weighted by Crippen LogP contribution is -2.53. The van der Waals surface area contributed by atoms with Gasteiger partial charge in [-0.2, -0.15) is 0 Å². The highest BCUT2D eigenvalue weighted by Crippen LogP contribution is 2.40. The second-order valence-corrected chi connectivity index (χ2v) is 6.67. The zero-order valence-electron chi connectivity index (χ0n) is 13.0. The van der Waals surface area contributed by atoms with E-state index in [0.717, 1.165) is 63.6 Å². The first-order chi connectivity index (χ1) is 10.7. The van der Waals surface area contributed by atoms with E-state index in [1.54, 1.807) is 12.1 Å². The lowest BCUT2D eigenvalue weighted by Gasteiger charge is -2.38. The molecule has 120 valence electrons. The van der Waals surface area contributed by atoms with Gasteiger partial charge in [0.25, 0.3) is 0 Å². The summed E-state index contributed by atoms with van der Waals surface area (Å²) in [6, 6.07) is 6.82. The standard InChI is InChI=1S/C18H25FN2O/c19-15-7-4-6-14(12-15)18(9-2-1-3-10-18)17(22)21-16-8-5-11-20-13-16/h4,6-7,12,16,20H,1-3,5,8-11,13H2,(H,21,22)/t16-/m0/s1. The van der Waals surface area contributed by atoms with Crippen molar-refractivity contribution in [3.05, 3.63) is 35.6 Å². The summed E-state index contributed by atoms with van der Waals surface area (Å²) in [5, 5.41) is 6.55. The number of hydrogen-bond donors (Lipinski definition) is 2. The molecule has 1 amide bonds. The van der Waals surface area contributed by atoms with E-state index >= 15 is 0 Å².